The van der Waals surface area contributed by atoms with Gasteiger partial charge in [-0.2, -0.15) is 0 Å². The van der Waals surface area contributed by atoms with Crippen LogP contribution in [0, 0.1) is 6.92 Å². The van der Waals surface area contributed by atoms with Gasteiger partial charge in [-0.15, -0.1) is 0 Å². The Hall–Kier alpha value is -3.15. The fraction of sp³-hybridized carbons (Fsp3) is 0.286. The molecule has 1 unspecified atom stereocenters. The van der Waals surface area contributed by atoms with Gasteiger partial charge in [0.05, 0.1) is 6.54 Å². The van der Waals surface area contributed by atoms with Gasteiger partial charge in [0.1, 0.15) is 12.4 Å². The summed E-state index contributed by atoms with van der Waals surface area (Å²) < 4.78 is 12.0. The molecule has 2 aromatic heterocycles. The van der Waals surface area contributed by atoms with Crippen molar-refractivity contribution < 1.29 is 9.47 Å². The molecule has 0 bridgehead atoms. The number of rotatable bonds is 5. The van der Waals surface area contributed by atoms with Crippen molar-refractivity contribution in [2.45, 2.75) is 20.0 Å². The van der Waals surface area contributed by atoms with Crippen molar-refractivity contribution in [2.75, 3.05) is 24.6 Å². The number of fused-ring (bicyclic) bond motifs is 1. The second-order valence-corrected chi connectivity index (χ2v) is 6.46. The highest BCUT2D eigenvalue weighted by Crippen LogP contribution is 2.31. The summed E-state index contributed by atoms with van der Waals surface area (Å²) in [7, 11) is 0. The number of hydrogen-bond donors (Lipinski definition) is 0. The lowest BCUT2D eigenvalue weighted by Gasteiger charge is -2.31. The second-order valence-electron chi connectivity index (χ2n) is 6.46. The molecule has 0 radical (unpaired) electrons. The van der Waals surface area contributed by atoms with Crippen LogP contribution < -0.4 is 14.4 Å². The molecule has 1 atom stereocenters. The lowest BCUT2D eigenvalue weighted by Crippen LogP contribution is -2.41. The summed E-state index contributed by atoms with van der Waals surface area (Å²) in [4.78, 5) is 15.6. The average molecular weight is 362 g/mol. The van der Waals surface area contributed by atoms with E-state index < -0.39 is 0 Å². The van der Waals surface area contributed by atoms with Crippen molar-refractivity contribution in [3.8, 4) is 22.9 Å². The highest BCUT2D eigenvalue weighted by molar-refractivity contribution is 5.57. The molecule has 0 amide bonds. The summed E-state index contributed by atoms with van der Waals surface area (Å²) in [6.07, 6.45) is 3.45. The molecular weight excluding hydrogens is 340 g/mol. The first-order chi connectivity index (χ1) is 13.2. The molecule has 0 saturated heterocycles. The standard InChI is InChI=1S/C21H22N4O2/c1-3-25(13-17-14-26-18-6-4-5-7-19(18)27-17)20-12-15(2)23-21(24-20)16-8-10-22-11-9-16/h4-12,17H,3,13-14H2,1-2H3. The predicted octanol–water partition coefficient (Wildman–Crippen LogP) is 3.51. The Kier molecular flexibility index (Phi) is 4.87. The molecule has 1 aliphatic rings. The molecule has 0 fully saturated rings. The van der Waals surface area contributed by atoms with Gasteiger partial charge in [-0.25, -0.2) is 9.97 Å². The Labute approximate surface area is 158 Å². The van der Waals surface area contributed by atoms with Gasteiger partial charge in [0, 0.05) is 36.3 Å². The van der Waals surface area contributed by atoms with E-state index in [2.05, 4.69) is 21.8 Å². The number of likely N-dealkylation sites (N-methyl/N-ethyl adjacent to an activating group) is 1. The minimum Gasteiger partial charge on any atom is -0.486 e. The van der Waals surface area contributed by atoms with Crippen molar-refractivity contribution in [3.05, 3.63) is 60.6 Å². The number of hydrogen-bond acceptors (Lipinski definition) is 6. The van der Waals surface area contributed by atoms with Crippen LogP contribution in [0.15, 0.2) is 54.9 Å². The van der Waals surface area contributed by atoms with Crippen LogP contribution in [0.25, 0.3) is 11.4 Å². The summed E-state index contributed by atoms with van der Waals surface area (Å²) in [6, 6.07) is 13.6. The molecule has 4 rings (SSSR count). The van der Waals surface area contributed by atoms with E-state index in [4.69, 9.17) is 14.5 Å². The van der Waals surface area contributed by atoms with Crippen LogP contribution in [0.3, 0.4) is 0 Å². The van der Waals surface area contributed by atoms with Crippen LogP contribution in [-0.2, 0) is 0 Å². The first-order valence-corrected chi connectivity index (χ1v) is 9.12. The maximum atomic E-state index is 6.11. The van der Waals surface area contributed by atoms with Gasteiger partial charge in [0.2, 0.25) is 0 Å². The summed E-state index contributed by atoms with van der Waals surface area (Å²) in [6.45, 7) is 6.13. The number of pyridine rings is 1. The smallest absolute Gasteiger partial charge is 0.161 e. The zero-order valence-electron chi connectivity index (χ0n) is 15.5. The molecule has 3 heterocycles. The largest absolute Gasteiger partial charge is 0.486 e. The third-order valence-electron chi connectivity index (χ3n) is 4.48. The van der Waals surface area contributed by atoms with Crippen molar-refractivity contribution in [1.29, 1.82) is 0 Å². The molecule has 6 heteroatoms. The first kappa shape index (κ1) is 17.3. The third-order valence-corrected chi connectivity index (χ3v) is 4.48. The van der Waals surface area contributed by atoms with Gasteiger partial charge in [-0.1, -0.05) is 12.1 Å². The van der Waals surface area contributed by atoms with E-state index in [1.807, 2.05) is 49.4 Å². The molecule has 0 saturated carbocycles. The minimum absolute atomic E-state index is 0.0560. The molecule has 27 heavy (non-hydrogen) atoms. The minimum atomic E-state index is -0.0560. The highest BCUT2D eigenvalue weighted by Gasteiger charge is 2.23. The Morgan fingerprint density at radius 1 is 1.07 bits per heavy atom. The monoisotopic (exact) mass is 362 g/mol. The first-order valence-electron chi connectivity index (χ1n) is 9.12. The predicted molar refractivity (Wildman–Crippen MR) is 104 cm³/mol. The highest BCUT2D eigenvalue weighted by atomic mass is 16.6. The van der Waals surface area contributed by atoms with E-state index in [-0.39, 0.29) is 6.10 Å². The number of para-hydroxylation sites is 2. The van der Waals surface area contributed by atoms with Gasteiger partial charge in [-0.05, 0) is 38.1 Å². The van der Waals surface area contributed by atoms with E-state index in [0.717, 1.165) is 35.1 Å². The number of nitrogens with zero attached hydrogens (tertiary/aromatic N) is 4. The maximum absolute atomic E-state index is 6.11. The van der Waals surface area contributed by atoms with Gasteiger partial charge < -0.3 is 14.4 Å². The van der Waals surface area contributed by atoms with Crippen LogP contribution in [0.1, 0.15) is 12.6 Å². The topological polar surface area (TPSA) is 60.4 Å². The second kappa shape index (κ2) is 7.61. The molecule has 1 aliphatic heterocycles. The Morgan fingerprint density at radius 3 is 2.63 bits per heavy atom. The quantitative estimate of drug-likeness (QED) is 0.692. The van der Waals surface area contributed by atoms with E-state index in [9.17, 15) is 0 Å². The van der Waals surface area contributed by atoms with E-state index in [1.54, 1.807) is 12.4 Å². The third kappa shape index (κ3) is 3.84. The van der Waals surface area contributed by atoms with E-state index in [0.29, 0.717) is 19.0 Å². The molecule has 3 aromatic rings. The van der Waals surface area contributed by atoms with Gasteiger partial charge in [0.25, 0.3) is 0 Å². The Balaban J connectivity index is 1.56. The molecule has 0 aliphatic carbocycles. The van der Waals surface area contributed by atoms with E-state index >= 15 is 0 Å². The fourth-order valence-corrected chi connectivity index (χ4v) is 3.13. The summed E-state index contributed by atoms with van der Waals surface area (Å²) in [5.74, 6) is 3.19. The van der Waals surface area contributed by atoms with Gasteiger partial charge >= 0.3 is 0 Å². The van der Waals surface area contributed by atoms with Crippen LogP contribution in [0.5, 0.6) is 11.5 Å². The molecular formula is C21H22N4O2. The van der Waals surface area contributed by atoms with Gasteiger partial charge in [-0.3, -0.25) is 4.98 Å². The fourth-order valence-electron chi connectivity index (χ4n) is 3.13. The lowest BCUT2D eigenvalue weighted by molar-refractivity contribution is 0.0953. The molecule has 1 aromatic carbocycles. The number of benzene rings is 1. The van der Waals surface area contributed by atoms with Crippen molar-refractivity contribution in [2.24, 2.45) is 0 Å². The molecule has 6 nitrogen and oxygen atoms in total. The van der Waals surface area contributed by atoms with Crippen LogP contribution in [-0.4, -0.2) is 40.8 Å². The van der Waals surface area contributed by atoms with Crippen molar-refractivity contribution >= 4 is 5.82 Å². The van der Waals surface area contributed by atoms with Crippen molar-refractivity contribution in [1.82, 2.24) is 15.0 Å². The molecule has 0 N–H and O–H groups in total. The zero-order chi connectivity index (χ0) is 18.6. The van der Waals surface area contributed by atoms with Crippen molar-refractivity contribution in [3.63, 3.8) is 0 Å². The number of aryl methyl sites for hydroxylation is 1. The van der Waals surface area contributed by atoms with Crippen LogP contribution in [0.4, 0.5) is 5.82 Å². The molecule has 138 valence electrons. The normalized spacial score (nSPS) is 15.4. The zero-order valence-corrected chi connectivity index (χ0v) is 15.5. The average Bonchev–Trinajstić information content (AvgIpc) is 2.72. The van der Waals surface area contributed by atoms with E-state index in [1.165, 1.54) is 0 Å². The summed E-state index contributed by atoms with van der Waals surface area (Å²) in [5, 5.41) is 0. The number of aromatic nitrogens is 3. The number of anilines is 1. The molecule has 0 spiro atoms. The Bertz CT molecular complexity index is 917. The number of ether oxygens (including phenoxy) is 2. The SMILES string of the molecule is CCN(CC1COc2ccccc2O1)c1cc(C)nc(-c2ccncc2)n1. The van der Waals surface area contributed by atoms with Gasteiger partial charge in [0.15, 0.2) is 23.4 Å². The Morgan fingerprint density at radius 2 is 1.85 bits per heavy atom. The van der Waals surface area contributed by atoms with Crippen LogP contribution in [0.2, 0.25) is 0 Å². The summed E-state index contributed by atoms with van der Waals surface area (Å²) >= 11 is 0. The van der Waals surface area contributed by atoms with Crippen LogP contribution >= 0.6 is 0 Å². The maximum Gasteiger partial charge on any atom is 0.161 e. The summed E-state index contributed by atoms with van der Waals surface area (Å²) in [5.41, 5.74) is 1.88. The lowest BCUT2D eigenvalue weighted by atomic mass is 10.2.